The molecule has 112 valence electrons. The topological polar surface area (TPSA) is 71.2 Å². The minimum absolute atomic E-state index is 0.227. The molecule has 3 rings (SSSR count). The lowest BCUT2D eigenvalue weighted by Crippen LogP contribution is -2.15. The summed E-state index contributed by atoms with van der Waals surface area (Å²) in [6.45, 7) is 1.84. The number of aliphatic hydroxyl groups is 2. The number of aliphatic hydroxyl groups excluding tert-OH is 2. The number of aryl methyl sites for hydroxylation is 1. The highest BCUT2D eigenvalue weighted by molar-refractivity contribution is 7.99. The largest absolute Gasteiger partial charge is 0.394 e. The van der Waals surface area contributed by atoms with Crippen LogP contribution in [0.1, 0.15) is 24.4 Å². The average molecular weight is 305 g/mol. The number of nitrogens with zero attached hydrogens (tertiary/aromatic N) is 3. The van der Waals surface area contributed by atoms with Crippen molar-refractivity contribution >= 4 is 11.8 Å². The van der Waals surface area contributed by atoms with Crippen molar-refractivity contribution in [3.8, 4) is 11.4 Å². The van der Waals surface area contributed by atoms with Gasteiger partial charge in [0, 0.05) is 17.4 Å². The lowest BCUT2D eigenvalue weighted by Gasteiger charge is -2.10. The summed E-state index contributed by atoms with van der Waals surface area (Å²) in [6.07, 6.45) is 1.57. The van der Waals surface area contributed by atoms with Gasteiger partial charge in [0.2, 0.25) is 0 Å². The van der Waals surface area contributed by atoms with Crippen LogP contribution in [-0.4, -0.2) is 43.4 Å². The van der Waals surface area contributed by atoms with Crippen molar-refractivity contribution in [3.63, 3.8) is 0 Å². The maximum absolute atomic E-state index is 9.49. The van der Waals surface area contributed by atoms with Crippen LogP contribution in [0.2, 0.25) is 0 Å². The molecule has 1 heterocycles. The van der Waals surface area contributed by atoms with E-state index < -0.39 is 6.10 Å². The second-order valence-electron chi connectivity index (χ2n) is 5.42. The molecular weight excluding hydrogens is 286 g/mol. The second kappa shape index (κ2) is 6.17. The number of aromatic nitrogens is 3. The molecule has 1 aliphatic rings. The van der Waals surface area contributed by atoms with Crippen molar-refractivity contribution in [1.82, 2.24) is 14.8 Å². The monoisotopic (exact) mass is 305 g/mol. The van der Waals surface area contributed by atoms with Gasteiger partial charge >= 0.3 is 0 Å². The Hall–Kier alpha value is -1.37. The van der Waals surface area contributed by atoms with Gasteiger partial charge in [-0.3, -0.25) is 4.57 Å². The first kappa shape index (κ1) is 14.6. The van der Waals surface area contributed by atoms with Crippen molar-refractivity contribution < 1.29 is 10.2 Å². The summed E-state index contributed by atoms with van der Waals surface area (Å²) in [5.41, 5.74) is 2.28. The molecule has 2 N–H and O–H groups in total. The second-order valence-corrected chi connectivity index (χ2v) is 6.41. The minimum Gasteiger partial charge on any atom is -0.394 e. The minimum atomic E-state index is -0.720. The number of rotatable bonds is 6. The first-order chi connectivity index (χ1) is 10.2. The predicted octanol–water partition coefficient (Wildman–Crippen LogP) is 2.03. The van der Waals surface area contributed by atoms with Gasteiger partial charge in [-0.15, -0.1) is 10.2 Å². The summed E-state index contributed by atoms with van der Waals surface area (Å²) in [6, 6.07) is 8.74. The van der Waals surface area contributed by atoms with Crippen LogP contribution in [0.5, 0.6) is 0 Å². The van der Waals surface area contributed by atoms with Crippen LogP contribution >= 0.6 is 11.8 Å². The summed E-state index contributed by atoms with van der Waals surface area (Å²) in [5.74, 6) is 1.31. The van der Waals surface area contributed by atoms with Crippen molar-refractivity contribution in [2.75, 3.05) is 12.4 Å². The zero-order valence-electron chi connectivity index (χ0n) is 11.9. The predicted molar refractivity (Wildman–Crippen MR) is 82.3 cm³/mol. The van der Waals surface area contributed by atoms with Gasteiger partial charge in [-0.2, -0.15) is 0 Å². The number of hydrogen-bond donors (Lipinski definition) is 2. The third-order valence-corrected chi connectivity index (χ3v) is 4.59. The van der Waals surface area contributed by atoms with Gasteiger partial charge in [0.15, 0.2) is 11.0 Å². The molecular formula is C15H19N3O2S. The quantitative estimate of drug-likeness (QED) is 0.799. The Morgan fingerprint density at radius 2 is 2.00 bits per heavy atom. The highest BCUT2D eigenvalue weighted by atomic mass is 32.2. The molecule has 1 unspecified atom stereocenters. The molecule has 0 saturated heterocycles. The van der Waals surface area contributed by atoms with E-state index in [0.717, 1.165) is 29.4 Å². The van der Waals surface area contributed by atoms with Gasteiger partial charge in [-0.1, -0.05) is 41.6 Å². The SMILES string of the molecule is Cc1ccc(-c2nnc(SCC(O)CO)n2C2CC2)cc1. The lowest BCUT2D eigenvalue weighted by molar-refractivity contribution is 0.113. The Balaban J connectivity index is 1.87. The molecule has 1 aromatic heterocycles. The fraction of sp³-hybridized carbons (Fsp3) is 0.467. The Kier molecular flexibility index (Phi) is 4.28. The zero-order chi connectivity index (χ0) is 14.8. The van der Waals surface area contributed by atoms with Crippen LogP contribution in [0.15, 0.2) is 29.4 Å². The van der Waals surface area contributed by atoms with Gasteiger partial charge in [0.1, 0.15) is 0 Å². The van der Waals surface area contributed by atoms with Crippen LogP contribution in [0.4, 0.5) is 0 Å². The third-order valence-electron chi connectivity index (χ3n) is 3.50. The first-order valence-electron chi connectivity index (χ1n) is 7.12. The molecule has 0 radical (unpaired) electrons. The van der Waals surface area contributed by atoms with E-state index in [-0.39, 0.29) is 6.61 Å². The van der Waals surface area contributed by atoms with Crippen molar-refractivity contribution in [3.05, 3.63) is 29.8 Å². The van der Waals surface area contributed by atoms with E-state index in [1.165, 1.54) is 17.3 Å². The molecule has 1 aliphatic carbocycles. The molecule has 0 aliphatic heterocycles. The van der Waals surface area contributed by atoms with Crippen LogP contribution in [0.3, 0.4) is 0 Å². The summed E-state index contributed by atoms with van der Waals surface area (Å²) in [4.78, 5) is 0. The fourth-order valence-electron chi connectivity index (χ4n) is 2.16. The van der Waals surface area contributed by atoms with Crippen LogP contribution in [0.25, 0.3) is 11.4 Å². The van der Waals surface area contributed by atoms with Crippen LogP contribution < -0.4 is 0 Å². The van der Waals surface area contributed by atoms with E-state index in [0.29, 0.717) is 11.8 Å². The number of benzene rings is 1. The van der Waals surface area contributed by atoms with Crippen LogP contribution in [0, 0.1) is 6.92 Å². The molecule has 6 heteroatoms. The molecule has 1 saturated carbocycles. The van der Waals surface area contributed by atoms with E-state index in [2.05, 4.69) is 46.0 Å². The van der Waals surface area contributed by atoms with Gasteiger partial charge in [-0.05, 0) is 19.8 Å². The molecule has 21 heavy (non-hydrogen) atoms. The molecule has 0 bridgehead atoms. The standard InChI is InChI=1S/C15H19N3O2S/c1-10-2-4-11(5-3-10)14-16-17-15(18(14)12-6-7-12)21-9-13(20)8-19/h2-5,12-13,19-20H,6-9H2,1H3. The highest BCUT2D eigenvalue weighted by Gasteiger charge is 2.30. The molecule has 0 spiro atoms. The maximum atomic E-state index is 9.49. The van der Waals surface area contributed by atoms with Gasteiger partial charge < -0.3 is 10.2 Å². The molecule has 5 nitrogen and oxygen atoms in total. The molecule has 1 aromatic carbocycles. The van der Waals surface area contributed by atoms with E-state index in [1.807, 2.05) is 0 Å². The third kappa shape index (κ3) is 3.28. The molecule has 2 aromatic rings. The Morgan fingerprint density at radius 1 is 1.29 bits per heavy atom. The van der Waals surface area contributed by atoms with Gasteiger partial charge in [-0.25, -0.2) is 0 Å². The average Bonchev–Trinajstić information content (AvgIpc) is 3.25. The highest BCUT2D eigenvalue weighted by Crippen LogP contribution is 2.41. The zero-order valence-corrected chi connectivity index (χ0v) is 12.8. The summed E-state index contributed by atoms with van der Waals surface area (Å²) in [5, 5.41) is 27.8. The van der Waals surface area contributed by atoms with Crippen molar-refractivity contribution in [2.24, 2.45) is 0 Å². The Labute approximate surface area is 128 Å². The molecule has 1 atom stereocenters. The number of thioether (sulfide) groups is 1. The summed E-state index contributed by atoms with van der Waals surface area (Å²) >= 11 is 1.45. The fourth-order valence-corrected chi connectivity index (χ4v) is 3.08. The van der Waals surface area contributed by atoms with E-state index in [9.17, 15) is 5.11 Å². The first-order valence-corrected chi connectivity index (χ1v) is 8.11. The van der Waals surface area contributed by atoms with Gasteiger partial charge in [0.05, 0.1) is 12.7 Å². The summed E-state index contributed by atoms with van der Waals surface area (Å²) in [7, 11) is 0. The van der Waals surface area contributed by atoms with Crippen molar-refractivity contribution in [1.29, 1.82) is 0 Å². The van der Waals surface area contributed by atoms with Crippen LogP contribution in [-0.2, 0) is 0 Å². The number of hydrogen-bond acceptors (Lipinski definition) is 5. The Bertz CT molecular complexity index is 608. The smallest absolute Gasteiger partial charge is 0.191 e. The van der Waals surface area contributed by atoms with Gasteiger partial charge in [0.25, 0.3) is 0 Å². The lowest BCUT2D eigenvalue weighted by atomic mass is 10.1. The Morgan fingerprint density at radius 3 is 2.62 bits per heavy atom. The molecule has 1 fully saturated rings. The van der Waals surface area contributed by atoms with E-state index in [4.69, 9.17) is 5.11 Å². The molecule has 0 amide bonds. The van der Waals surface area contributed by atoms with E-state index in [1.54, 1.807) is 0 Å². The van der Waals surface area contributed by atoms with Crippen molar-refractivity contribution in [2.45, 2.75) is 37.1 Å². The normalized spacial score (nSPS) is 16.1. The maximum Gasteiger partial charge on any atom is 0.191 e. The van der Waals surface area contributed by atoms with E-state index >= 15 is 0 Å². The summed E-state index contributed by atoms with van der Waals surface area (Å²) < 4.78 is 2.17.